The van der Waals surface area contributed by atoms with Crippen LogP contribution in [0.15, 0.2) is 66.7 Å². The minimum atomic E-state index is -0.0848. The smallest absolute Gasteiger partial charge is 0.228 e. The SMILES string of the molecule is N#Cc1ccc(N2Cc3cc(NC(=O)Cc4ccccc4)ccc3O2)c(-c2nn[nH]n2)c1. The van der Waals surface area contributed by atoms with Gasteiger partial charge < -0.3 is 10.2 Å². The lowest BCUT2D eigenvalue weighted by Gasteiger charge is -2.19. The maximum Gasteiger partial charge on any atom is 0.228 e. The van der Waals surface area contributed by atoms with Crippen LogP contribution in [0.2, 0.25) is 0 Å². The van der Waals surface area contributed by atoms with E-state index in [-0.39, 0.29) is 5.91 Å². The number of anilines is 2. The number of fused-ring (bicyclic) bond motifs is 1. The molecule has 0 unspecified atom stereocenters. The number of rotatable bonds is 5. The van der Waals surface area contributed by atoms with Crippen LogP contribution < -0.4 is 15.2 Å². The number of amides is 1. The van der Waals surface area contributed by atoms with E-state index in [1.807, 2.05) is 48.5 Å². The highest BCUT2D eigenvalue weighted by molar-refractivity contribution is 5.92. The fourth-order valence-corrected chi connectivity index (χ4v) is 3.57. The molecule has 156 valence electrons. The average molecular weight is 423 g/mol. The van der Waals surface area contributed by atoms with E-state index in [0.717, 1.165) is 11.1 Å². The molecule has 9 nitrogen and oxygen atoms in total. The lowest BCUT2D eigenvalue weighted by Crippen LogP contribution is -2.21. The van der Waals surface area contributed by atoms with Gasteiger partial charge in [-0.2, -0.15) is 10.5 Å². The van der Waals surface area contributed by atoms with Crippen molar-refractivity contribution in [2.75, 3.05) is 10.4 Å². The summed E-state index contributed by atoms with van der Waals surface area (Å²) in [5.74, 6) is 0.971. The minimum absolute atomic E-state index is 0.0848. The molecule has 1 amide bonds. The predicted octanol–water partition coefficient (Wildman–Crippen LogP) is 3.23. The number of aromatic amines is 1. The third-order valence-corrected chi connectivity index (χ3v) is 5.05. The Bertz CT molecular complexity index is 1310. The molecule has 1 aliphatic rings. The summed E-state index contributed by atoms with van der Waals surface area (Å²) in [6, 6.07) is 22.4. The molecule has 5 rings (SSSR count). The summed E-state index contributed by atoms with van der Waals surface area (Å²) in [6.45, 7) is 0.453. The van der Waals surface area contributed by atoms with Crippen LogP contribution in [0.4, 0.5) is 11.4 Å². The number of nitrogens with one attached hydrogen (secondary N) is 2. The number of benzene rings is 3. The van der Waals surface area contributed by atoms with Crippen molar-refractivity contribution in [3.05, 3.63) is 83.4 Å². The molecule has 4 aromatic rings. The summed E-state index contributed by atoms with van der Waals surface area (Å²) >= 11 is 0. The van der Waals surface area contributed by atoms with E-state index in [1.165, 1.54) is 0 Å². The van der Waals surface area contributed by atoms with Crippen LogP contribution in [0, 0.1) is 11.3 Å². The topological polar surface area (TPSA) is 120 Å². The van der Waals surface area contributed by atoms with E-state index in [0.29, 0.717) is 47.0 Å². The minimum Gasteiger partial charge on any atom is -0.379 e. The van der Waals surface area contributed by atoms with Crippen molar-refractivity contribution in [2.24, 2.45) is 0 Å². The third kappa shape index (κ3) is 3.85. The zero-order chi connectivity index (χ0) is 21.9. The number of hydrogen-bond donors (Lipinski definition) is 2. The van der Waals surface area contributed by atoms with Gasteiger partial charge in [-0.25, -0.2) is 5.06 Å². The number of nitriles is 1. The fourth-order valence-electron chi connectivity index (χ4n) is 3.57. The standard InChI is InChI=1S/C23H17N7O2/c24-13-16-6-8-20(19(10-16)23-26-28-29-27-23)30-14-17-12-18(7-9-21(17)32-30)25-22(31)11-15-4-2-1-3-5-15/h1-10,12H,11,14H2,(H,25,31)(H,26,27,28,29). The number of hydrogen-bond acceptors (Lipinski definition) is 7. The first kappa shape index (κ1) is 19.3. The van der Waals surface area contributed by atoms with Crippen LogP contribution in [0.1, 0.15) is 16.7 Å². The van der Waals surface area contributed by atoms with Crippen LogP contribution in [0.25, 0.3) is 11.4 Å². The number of hydroxylamine groups is 1. The Labute approximate surface area is 183 Å². The Morgan fingerprint density at radius 2 is 2.03 bits per heavy atom. The molecule has 0 spiro atoms. The van der Waals surface area contributed by atoms with Crippen LogP contribution in [0.5, 0.6) is 5.75 Å². The van der Waals surface area contributed by atoms with Crippen molar-refractivity contribution in [1.82, 2.24) is 20.6 Å². The monoisotopic (exact) mass is 423 g/mol. The predicted molar refractivity (Wildman–Crippen MR) is 116 cm³/mol. The van der Waals surface area contributed by atoms with Gasteiger partial charge in [0.25, 0.3) is 0 Å². The Morgan fingerprint density at radius 1 is 1.16 bits per heavy atom. The number of tetrazole rings is 1. The summed E-state index contributed by atoms with van der Waals surface area (Å²) in [6.07, 6.45) is 0.305. The van der Waals surface area contributed by atoms with E-state index >= 15 is 0 Å². The quantitative estimate of drug-likeness (QED) is 0.506. The number of H-pyrrole nitrogens is 1. The summed E-state index contributed by atoms with van der Waals surface area (Å²) in [5.41, 5.74) is 4.39. The van der Waals surface area contributed by atoms with Gasteiger partial charge >= 0.3 is 0 Å². The normalized spacial score (nSPS) is 12.0. The molecule has 32 heavy (non-hydrogen) atoms. The molecule has 2 heterocycles. The average Bonchev–Trinajstić information content (AvgIpc) is 3.49. The Balaban J connectivity index is 1.35. The number of carbonyl (C=O) groups excluding carboxylic acids is 1. The second kappa shape index (κ2) is 8.20. The first-order valence-electron chi connectivity index (χ1n) is 9.90. The molecule has 1 aromatic heterocycles. The van der Waals surface area contributed by atoms with Gasteiger partial charge in [-0.3, -0.25) is 4.79 Å². The number of aromatic nitrogens is 4. The van der Waals surface area contributed by atoms with Crippen molar-refractivity contribution < 1.29 is 9.63 Å². The van der Waals surface area contributed by atoms with E-state index in [4.69, 9.17) is 4.84 Å². The lowest BCUT2D eigenvalue weighted by atomic mass is 10.1. The molecule has 0 saturated heterocycles. The van der Waals surface area contributed by atoms with Crippen LogP contribution in [-0.4, -0.2) is 26.5 Å². The second-order valence-corrected chi connectivity index (χ2v) is 7.24. The molecule has 0 fully saturated rings. The third-order valence-electron chi connectivity index (χ3n) is 5.05. The summed E-state index contributed by atoms with van der Waals surface area (Å²) in [7, 11) is 0. The first-order chi connectivity index (χ1) is 15.7. The summed E-state index contributed by atoms with van der Waals surface area (Å²) in [5, 5.41) is 28.0. The molecule has 0 bridgehead atoms. The molecule has 1 aliphatic heterocycles. The summed E-state index contributed by atoms with van der Waals surface area (Å²) < 4.78 is 0. The van der Waals surface area contributed by atoms with Crippen LogP contribution in [-0.2, 0) is 17.8 Å². The Hall–Kier alpha value is -4.71. The zero-order valence-corrected chi connectivity index (χ0v) is 16.8. The highest BCUT2D eigenvalue weighted by atomic mass is 16.7. The largest absolute Gasteiger partial charge is 0.379 e. The van der Waals surface area contributed by atoms with E-state index in [1.54, 1.807) is 23.3 Å². The van der Waals surface area contributed by atoms with Crippen molar-refractivity contribution in [2.45, 2.75) is 13.0 Å². The molecule has 0 radical (unpaired) electrons. The molecule has 2 N–H and O–H groups in total. The molecule has 3 aromatic carbocycles. The van der Waals surface area contributed by atoms with Crippen LogP contribution >= 0.6 is 0 Å². The first-order valence-corrected chi connectivity index (χ1v) is 9.90. The van der Waals surface area contributed by atoms with Crippen molar-refractivity contribution in [1.29, 1.82) is 5.26 Å². The molecular weight excluding hydrogens is 406 g/mol. The van der Waals surface area contributed by atoms with Gasteiger partial charge in [0, 0.05) is 11.3 Å². The molecule has 0 saturated carbocycles. The van der Waals surface area contributed by atoms with Crippen molar-refractivity contribution >= 4 is 17.3 Å². The highest BCUT2D eigenvalue weighted by Gasteiger charge is 2.25. The maximum atomic E-state index is 12.4. The Morgan fingerprint density at radius 3 is 2.81 bits per heavy atom. The van der Waals surface area contributed by atoms with Gasteiger partial charge in [0.15, 0.2) is 5.75 Å². The second-order valence-electron chi connectivity index (χ2n) is 7.24. The highest BCUT2D eigenvalue weighted by Crippen LogP contribution is 2.37. The van der Waals surface area contributed by atoms with Crippen LogP contribution in [0.3, 0.4) is 0 Å². The van der Waals surface area contributed by atoms with E-state index in [9.17, 15) is 10.1 Å². The molecule has 9 heteroatoms. The van der Waals surface area contributed by atoms with Gasteiger partial charge in [-0.1, -0.05) is 30.3 Å². The van der Waals surface area contributed by atoms with E-state index in [2.05, 4.69) is 32.0 Å². The van der Waals surface area contributed by atoms with Gasteiger partial charge in [0.1, 0.15) is 0 Å². The fraction of sp³-hybridized carbons (Fsp3) is 0.0870. The van der Waals surface area contributed by atoms with Gasteiger partial charge in [0.2, 0.25) is 11.7 Å². The van der Waals surface area contributed by atoms with Gasteiger partial charge in [-0.15, -0.1) is 10.2 Å². The zero-order valence-electron chi connectivity index (χ0n) is 16.8. The van der Waals surface area contributed by atoms with Crippen molar-refractivity contribution in [3.8, 4) is 23.2 Å². The van der Waals surface area contributed by atoms with Gasteiger partial charge in [0.05, 0.1) is 35.8 Å². The number of nitrogens with zero attached hydrogens (tertiary/aromatic N) is 5. The summed E-state index contributed by atoms with van der Waals surface area (Å²) in [4.78, 5) is 18.4. The van der Waals surface area contributed by atoms with E-state index < -0.39 is 0 Å². The maximum absolute atomic E-state index is 12.4. The molecular formula is C23H17N7O2. The lowest BCUT2D eigenvalue weighted by molar-refractivity contribution is -0.115. The van der Waals surface area contributed by atoms with Gasteiger partial charge in [-0.05, 0) is 47.2 Å². The number of carbonyl (C=O) groups is 1. The molecule has 0 atom stereocenters. The Kier molecular flexibility index (Phi) is 4.94. The van der Waals surface area contributed by atoms with Crippen molar-refractivity contribution in [3.63, 3.8) is 0 Å². The molecule has 0 aliphatic carbocycles.